The van der Waals surface area contributed by atoms with Gasteiger partial charge in [-0.05, 0) is 43.7 Å². The molecule has 148 valence electrons. The number of amides is 2. The lowest BCUT2D eigenvalue weighted by atomic mass is 10.1. The van der Waals surface area contributed by atoms with Gasteiger partial charge in [-0.15, -0.1) is 0 Å². The van der Waals surface area contributed by atoms with Crippen LogP contribution in [0.15, 0.2) is 58.5 Å². The number of nitrogens with zero attached hydrogens (tertiary/aromatic N) is 3. The molecule has 0 bridgehead atoms. The van der Waals surface area contributed by atoms with Crippen LogP contribution in [0.3, 0.4) is 0 Å². The van der Waals surface area contributed by atoms with E-state index in [0.717, 1.165) is 16.8 Å². The molecule has 29 heavy (non-hydrogen) atoms. The van der Waals surface area contributed by atoms with Gasteiger partial charge < -0.3 is 5.32 Å². The molecule has 0 saturated heterocycles. The van der Waals surface area contributed by atoms with E-state index in [4.69, 9.17) is 0 Å². The molecule has 2 atom stereocenters. The van der Waals surface area contributed by atoms with E-state index < -0.39 is 11.3 Å². The number of aliphatic imine (C=N–C) groups is 2. The van der Waals surface area contributed by atoms with Crippen LogP contribution in [0.4, 0.5) is 10.1 Å². The summed E-state index contributed by atoms with van der Waals surface area (Å²) < 4.78 is 13.0. The second-order valence-corrected chi connectivity index (χ2v) is 8.13. The van der Waals surface area contributed by atoms with Gasteiger partial charge in [0.2, 0.25) is 5.91 Å². The van der Waals surface area contributed by atoms with Gasteiger partial charge >= 0.3 is 0 Å². The number of rotatable bonds is 4. The van der Waals surface area contributed by atoms with Crippen molar-refractivity contribution >= 4 is 40.3 Å². The zero-order chi connectivity index (χ0) is 20.5. The summed E-state index contributed by atoms with van der Waals surface area (Å²) in [6.07, 6.45) is 0. The molecule has 0 fully saturated rings. The maximum Gasteiger partial charge on any atom is 0.258 e. The minimum atomic E-state index is -0.482. The van der Waals surface area contributed by atoms with Crippen molar-refractivity contribution < 1.29 is 14.0 Å². The summed E-state index contributed by atoms with van der Waals surface area (Å²) in [5.74, 6) is -0.0881. The third-order valence-corrected chi connectivity index (χ3v) is 5.74. The van der Waals surface area contributed by atoms with Gasteiger partial charge in [0.1, 0.15) is 17.7 Å². The van der Waals surface area contributed by atoms with E-state index in [-0.39, 0.29) is 17.6 Å². The van der Waals surface area contributed by atoms with E-state index in [1.54, 1.807) is 26.0 Å². The average Bonchev–Trinajstić information content (AvgIpc) is 3.02. The van der Waals surface area contributed by atoms with E-state index in [9.17, 15) is 14.0 Å². The van der Waals surface area contributed by atoms with Crippen molar-refractivity contribution in [2.75, 3.05) is 0 Å². The number of amidine groups is 2. The molecular formula is C21H19FN4O2S. The van der Waals surface area contributed by atoms with Crippen LogP contribution in [-0.4, -0.2) is 39.0 Å². The lowest BCUT2D eigenvalue weighted by molar-refractivity contribution is -0.124. The number of hydrogen-bond acceptors (Lipinski definition) is 5. The summed E-state index contributed by atoms with van der Waals surface area (Å²) in [6, 6.07) is 13.0. The van der Waals surface area contributed by atoms with Crippen molar-refractivity contribution in [3.05, 3.63) is 65.5 Å². The van der Waals surface area contributed by atoms with Crippen LogP contribution in [0, 0.1) is 5.82 Å². The lowest BCUT2D eigenvalue weighted by Gasteiger charge is -2.26. The molecule has 6 nitrogen and oxygen atoms in total. The van der Waals surface area contributed by atoms with E-state index in [1.165, 1.54) is 28.8 Å². The van der Waals surface area contributed by atoms with Crippen molar-refractivity contribution in [2.24, 2.45) is 9.98 Å². The SMILES string of the molecule is C[C@H]1N=C2c3ccccc3N=C(S[C@H](C)C(=O)NCc3ccc(F)cc3)N2C1=O. The Hall–Kier alpha value is -3.00. The van der Waals surface area contributed by atoms with Gasteiger partial charge in [0.25, 0.3) is 5.91 Å². The summed E-state index contributed by atoms with van der Waals surface area (Å²) >= 11 is 1.21. The number of fused-ring (bicyclic) bond motifs is 3. The molecular weight excluding hydrogens is 391 g/mol. The van der Waals surface area contributed by atoms with E-state index in [0.29, 0.717) is 17.5 Å². The Kier molecular flexibility index (Phi) is 5.19. The molecule has 0 aromatic heterocycles. The number of benzene rings is 2. The van der Waals surface area contributed by atoms with Crippen molar-refractivity contribution in [3.8, 4) is 0 Å². The van der Waals surface area contributed by atoms with Crippen LogP contribution >= 0.6 is 11.8 Å². The van der Waals surface area contributed by atoms with E-state index in [1.807, 2.05) is 24.3 Å². The largest absolute Gasteiger partial charge is 0.351 e. The van der Waals surface area contributed by atoms with Crippen LogP contribution in [0.2, 0.25) is 0 Å². The zero-order valence-electron chi connectivity index (χ0n) is 15.9. The first kappa shape index (κ1) is 19.3. The molecule has 2 aromatic rings. The molecule has 0 saturated carbocycles. The van der Waals surface area contributed by atoms with Gasteiger partial charge in [0.05, 0.1) is 10.9 Å². The highest BCUT2D eigenvalue weighted by atomic mass is 32.2. The van der Waals surface area contributed by atoms with E-state index in [2.05, 4.69) is 15.3 Å². The second kappa shape index (κ2) is 7.79. The van der Waals surface area contributed by atoms with E-state index >= 15 is 0 Å². The zero-order valence-corrected chi connectivity index (χ0v) is 16.7. The Morgan fingerprint density at radius 3 is 2.72 bits per heavy atom. The number of carbonyl (C=O) groups excluding carboxylic acids is 2. The van der Waals surface area contributed by atoms with Crippen LogP contribution in [-0.2, 0) is 16.1 Å². The monoisotopic (exact) mass is 410 g/mol. The Morgan fingerprint density at radius 1 is 1.24 bits per heavy atom. The first-order chi connectivity index (χ1) is 13.9. The molecule has 0 aliphatic carbocycles. The molecule has 4 rings (SSSR count). The number of hydrogen-bond donors (Lipinski definition) is 1. The number of thioether (sulfide) groups is 1. The molecule has 0 radical (unpaired) electrons. The average molecular weight is 410 g/mol. The first-order valence-corrected chi connectivity index (χ1v) is 10.1. The van der Waals surface area contributed by atoms with Crippen molar-refractivity contribution in [1.82, 2.24) is 10.2 Å². The fourth-order valence-corrected chi connectivity index (χ4v) is 4.04. The first-order valence-electron chi connectivity index (χ1n) is 9.22. The van der Waals surface area contributed by atoms with Gasteiger partial charge in [-0.1, -0.05) is 36.0 Å². The standard InChI is InChI=1S/C21H19FN4O2S/c1-12-20(28)26-18(24-12)16-5-3-4-6-17(16)25-21(26)29-13(2)19(27)23-11-14-7-9-15(22)10-8-14/h3-10,12-13H,11H2,1-2H3,(H,23,27)/t12-,13-/m1/s1. The quantitative estimate of drug-likeness (QED) is 0.841. The summed E-state index contributed by atoms with van der Waals surface area (Å²) in [7, 11) is 0. The fraction of sp³-hybridized carbons (Fsp3) is 0.238. The maximum atomic E-state index is 13.0. The minimum Gasteiger partial charge on any atom is -0.351 e. The molecule has 2 aliphatic rings. The molecule has 2 amide bonds. The second-order valence-electron chi connectivity index (χ2n) is 6.82. The van der Waals surface area contributed by atoms with Gasteiger partial charge in [-0.25, -0.2) is 14.3 Å². The van der Waals surface area contributed by atoms with Crippen LogP contribution in [0.25, 0.3) is 0 Å². The van der Waals surface area contributed by atoms with Crippen LogP contribution in [0.1, 0.15) is 25.0 Å². The molecule has 8 heteroatoms. The Bertz CT molecular complexity index is 1040. The topological polar surface area (TPSA) is 74.1 Å². The highest BCUT2D eigenvalue weighted by Gasteiger charge is 2.40. The number of halogens is 1. The normalized spacial score (nSPS) is 18.5. The lowest BCUT2D eigenvalue weighted by Crippen LogP contribution is -2.42. The summed E-state index contributed by atoms with van der Waals surface area (Å²) in [4.78, 5) is 35.8. The highest BCUT2D eigenvalue weighted by molar-refractivity contribution is 8.15. The minimum absolute atomic E-state index is 0.153. The van der Waals surface area contributed by atoms with Gasteiger partial charge in [0.15, 0.2) is 5.17 Å². The number of carbonyl (C=O) groups is 2. The van der Waals surface area contributed by atoms with Crippen LogP contribution in [0.5, 0.6) is 0 Å². The van der Waals surface area contributed by atoms with Gasteiger partial charge in [0, 0.05) is 12.1 Å². The Morgan fingerprint density at radius 2 is 1.97 bits per heavy atom. The third-order valence-electron chi connectivity index (χ3n) is 4.69. The number of nitrogens with one attached hydrogen (secondary N) is 1. The Balaban J connectivity index is 1.49. The molecule has 0 unspecified atom stereocenters. The fourth-order valence-electron chi connectivity index (χ4n) is 3.10. The molecule has 2 heterocycles. The summed E-state index contributed by atoms with van der Waals surface area (Å²) in [6.45, 7) is 3.80. The maximum absolute atomic E-state index is 13.0. The summed E-state index contributed by atoms with van der Waals surface area (Å²) in [5, 5.41) is 2.80. The van der Waals surface area contributed by atoms with Crippen molar-refractivity contribution in [2.45, 2.75) is 31.7 Å². The summed E-state index contributed by atoms with van der Waals surface area (Å²) in [5.41, 5.74) is 2.34. The Labute approximate surface area is 171 Å². The molecule has 1 N–H and O–H groups in total. The van der Waals surface area contributed by atoms with Crippen molar-refractivity contribution in [1.29, 1.82) is 0 Å². The predicted octanol–water partition coefficient (Wildman–Crippen LogP) is 3.24. The molecule has 0 spiro atoms. The van der Waals surface area contributed by atoms with Crippen molar-refractivity contribution in [3.63, 3.8) is 0 Å². The molecule has 2 aliphatic heterocycles. The van der Waals surface area contributed by atoms with Gasteiger partial charge in [-0.3, -0.25) is 14.6 Å². The van der Waals surface area contributed by atoms with Crippen LogP contribution < -0.4 is 5.32 Å². The number of para-hydroxylation sites is 1. The van der Waals surface area contributed by atoms with Gasteiger partial charge in [-0.2, -0.15) is 0 Å². The predicted molar refractivity (Wildman–Crippen MR) is 112 cm³/mol. The third kappa shape index (κ3) is 3.80. The molecule has 2 aromatic carbocycles. The highest BCUT2D eigenvalue weighted by Crippen LogP contribution is 2.34. The smallest absolute Gasteiger partial charge is 0.258 e.